The summed E-state index contributed by atoms with van der Waals surface area (Å²) in [5.41, 5.74) is 4.24. The number of thioether (sulfide) groups is 1. The molecule has 0 radical (unpaired) electrons. The number of rotatable bonds is 6. The van der Waals surface area contributed by atoms with Gasteiger partial charge in [-0.2, -0.15) is 5.10 Å². The first-order valence-electron chi connectivity index (χ1n) is 12.6. The highest BCUT2D eigenvalue weighted by atomic mass is 32.2. The maximum atomic E-state index is 13.8. The van der Waals surface area contributed by atoms with E-state index in [1.54, 1.807) is 33.5 Å². The fourth-order valence-corrected chi connectivity index (χ4v) is 5.64. The van der Waals surface area contributed by atoms with Gasteiger partial charge in [-0.3, -0.25) is 14.5 Å². The lowest BCUT2D eigenvalue weighted by molar-refractivity contribution is -0.123. The van der Waals surface area contributed by atoms with E-state index in [0.29, 0.717) is 18.1 Å². The van der Waals surface area contributed by atoms with E-state index in [1.165, 1.54) is 12.1 Å². The van der Waals surface area contributed by atoms with Crippen LogP contribution in [0.1, 0.15) is 62.3 Å². The Hall–Kier alpha value is -3.13. The molecule has 3 aromatic rings. The van der Waals surface area contributed by atoms with Gasteiger partial charge in [0, 0.05) is 17.5 Å². The van der Waals surface area contributed by atoms with E-state index in [4.69, 9.17) is 5.10 Å². The third-order valence-corrected chi connectivity index (χ3v) is 7.48. The second-order valence-electron chi connectivity index (χ2n) is 11.0. The van der Waals surface area contributed by atoms with Gasteiger partial charge in [0.2, 0.25) is 11.8 Å². The minimum Gasteiger partial charge on any atom is -0.354 e. The largest absolute Gasteiger partial charge is 0.354 e. The number of carbonyl (C=O) groups excluding carboxylic acids is 2. The number of anilines is 1. The fraction of sp³-hybridized carbons (Fsp3) is 0.414. The van der Waals surface area contributed by atoms with Crippen molar-refractivity contribution in [1.29, 1.82) is 0 Å². The van der Waals surface area contributed by atoms with Gasteiger partial charge in [0.1, 0.15) is 18.2 Å². The molecule has 6 nitrogen and oxygen atoms in total. The predicted octanol–water partition coefficient (Wildman–Crippen LogP) is 5.56. The van der Waals surface area contributed by atoms with Gasteiger partial charge < -0.3 is 5.32 Å². The lowest BCUT2D eigenvalue weighted by atomic mass is 9.87. The minimum atomic E-state index is -0.354. The average molecular weight is 523 g/mol. The second kappa shape index (κ2) is 10.7. The molecule has 0 saturated carbocycles. The molecule has 4 rings (SSSR count). The van der Waals surface area contributed by atoms with Crippen LogP contribution in [0.3, 0.4) is 0 Å². The summed E-state index contributed by atoms with van der Waals surface area (Å²) in [6.45, 7) is 12.8. The summed E-state index contributed by atoms with van der Waals surface area (Å²) < 4.78 is 15.5. The fourth-order valence-electron chi connectivity index (χ4n) is 4.45. The molecule has 1 aromatic heterocycles. The van der Waals surface area contributed by atoms with Crippen LogP contribution in [0.4, 0.5) is 10.2 Å². The Balaban J connectivity index is 1.96. The van der Waals surface area contributed by atoms with Crippen LogP contribution in [-0.2, 0) is 15.0 Å². The average Bonchev–Trinajstić information content (AvgIpc) is 3.16. The summed E-state index contributed by atoms with van der Waals surface area (Å²) in [6.07, 6.45) is 0. The van der Waals surface area contributed by atoms with E-state index in [0.717, 1.165) is 22.4 Å². The molecule has 37 heavy (non-hydrogen) atoms. The molecule has 1 atom stereocenters. The van der Waals surface area contributed by atoms with Crippen LogP contribution in [0.2, 0.25) is 0 Å². The normalized spacial score (nSPS) is 16.1. The van der Waals surface area contributed by atoms with Gasteiger partial charge in [0.05, 0.1) is 22.4 Å². The highest BCUT2D eigenvalue weighted by Gasteiger charge is 2.39. The van der Waals surface area contributed by atoms with Gasteiger partial charge in [0.25, 0.3) is 0 Å². The van der Waals surface area contributed by atoms with Gasteiger partial charge in [-0.15, -0.1) is 11.8 Å². The number of amides is 2. The van der Waals surface area contributed by atoms with Gasteiger partial charge in [-0.05, 0) is 42.7 Å². The lowest BCUT2D eigenvalue weighted by Gasteiger charge is -2.25. The Morgan fingerprint density at radius 2 is 1.89 bits per heavy atom. The first-order chi connectivity index (χ1) is 17.5. The SMILES string of the molecule is Cc1cccc(C2SCC(=O)N(CC(=O)NCC(C)C)c3c2c(C(C)(C)C)nn3-c2ccc(F)cc2)c1. The molecular formula is C29H35FN4O2S. The summed E-state index contributed by atoms with van der Waals surface area (Å²) >= 11 is 1.55. The quantitative estimate of drug-likeness (QED) is 0.460. The molecule has 2 heterocycles. The topological polar surface area (TPSA) is 67.2 Å². The van der Waals surface area contributed by atoms with E-state index in [-0.39, 0.29) is 46.5 Å². The molecule has 1 unspecified atom stereocenters. The Morgan fingerprint density at radius 1 is 1.19 bits per heavy atom. The van der Waals surface area contributed by atoms with Gasteiger partial charge >= 0.3 is 0 Å². The number of aryl methyl sites for hydroxylation is 1. The van der Waals surface area contributed by atoms with Crippen molar-refractivity contribution >= 4 is 29.4 Å². The third kappa shape index (κ3) is 5.90. The number of nitrogens with one attached hydrogen (secondary N) is 1. The maximum absolute atomic E-state index is 13.8. The monoisotopic (exact) mass is 522 g/mol. The van der Waals surface area contributed by atoms with Gasteiger partial charge in [0.15, 0.2) is 0 Å². The number of nitrogens with zero attached hydrogens (tertiary/aromatic N) is 3. The summed E-state index contributed by atoms with van der Waals surface area (Å²) in [5.74, 6) is 0.335. The molecule has 0 aliphatic carbocycles. The van der Waals surface area contributed by atoms with Crippen molar-refractivity contribution in [2.45, 2.75) is 52.2 Å². The van der Waals surface area contributed by atoms with Crippen LogP contribution >= 0.6 is 11.8 Å². The van der Waals surface area contributed by atoms with Crippen LogP contribution < -0.4 is 10.2 Å². The van der Waals surface area contributed by atoms with Crippen molar-refractivity contribution in [3.63, 3.8) is 0 Å². The molecule has 2 aromatic carbocycles. The minimum absolute atomic E-state index is 0.115. The number of hydrogen-bond donors (Lipinski definition) is 1. The highest BCUT2D eigenvalue weighted by Crippen LogP contribution is 2.48. The second-order valence-corrected chi connectivity index (χ2v) is 12.1. The van der Waals surface area contributed by atoms with E-state index >= 15 is 0 Å². The molecule has 196 valence electrons. The number of hydrogen-bond acceptors (Lipinski definition) is 4. The van der Waals surface area contributed by atoms with Crippen molar-refractivity contribution in [3.8, 4) is 5.69 Å². The smallest absolute Gasteiger partial charge is 0.240 e. The first kappa shape index (κ1) is 26.9. The Morgan fingerprint density at radius 3 is 2.51 bits per heavy atom. The van der Waals surface area contributed by atoms with E-state index in [9.17, 15) is 14.0 Å². The van der Waals surface area contributed by atoms with Crippen molar-refractivity contribution in [2.75, 3.05) is 23.7 Å². The van der Waals surface area contributed by atoms with Crippen LogP contribution in [-0.4, -0.2) is 40.4 Å². The number of fused-ring (bicyclic) bond motifs is 1. The molecule has 1 aliphatic heterocycles. The Bertz CT molecular complexity index is 1290. The Kier molecular flexibility index (Phi) is 7.78. The van der Waals surface area contributed by atoms with E-state index in [1.807, 2.05) is 19.9 Å². The van der Waals surface area contributed by atoms with Crippen molar-refractivity contribution in [1.82, 2.24) is 15.1 Å². The highest BCUT2D eigenvalue weighted by molar-refractivity contribution is 8.00. The summed E-state index contributed by atoms with van der Waals surface area (Å²) in [7, 11) is 0. The first-order valence-corrected chi connectivity index (χ1v) is 13.6. The zero-order valence-electron chi connectivity index (χ0n) is 22.3. The van der Waals surface area contributed by atoms with E-state index in [2.05, 4.69) is 51.2 Å². The summed E-state index contributed by atoms with van der Waals surface area (Å²) in [6, 6.07) is 14.3. The van der Waals surface area contributed by atoms with Crippen molar-refractivity contribution in [2.24, 2.45) is 5.92 Å². The van der Waals surface area contributed by atoms with Crippen molar-refractivity contribution < 1.29 is 14.0 Å². The number of benzene rings is 2. The lowest BCUT2D eigenvalue weighted by Crippen LogP contribution is -2.43. The number of halogens is 1. The number of aromatic nitrogens is 2. The zero-order valence-corrected chi connectivity index (χ0v) is 23.2. The third-order valence-electron chi connectivity index (χ3n) is 6.22. The van der Waals surface area contributed by atoms with Crippen molar-refractivity contribution in [3.05, 3.63) is 76.7 Å². The van der Waals surface area contributed by atoms with Crippen LogP contribution in [0.15, 0.2) is 48.5 Å². The van der Waals surface area contributed by atoms with Gasteiger partial charge in [-0.1, -0.05) is 64.4 Å². The molecule has 0 saturated heterocycles. The van der Waals surface area contributed by atoms with Crippen LogP contribution in [0, 0.1) is 18.7 Å². The van der Waals surface area contributed by atoms with Gasteiger partial charge in [-0.25, -0.2) is 9.07 Å². The van der Waals surface area contributed by atoms with Crippen LogP contribution in [0.25, 0.3) is 5.69 Å². The zero-order chi connectivity index (χ0) is 26.9. The standard InChI is InChI=1S/C29H35FN4O2S/c1-18(2)15-31-23(35)16-33-24(36)17-37-26(20-9-7-8-19(3)14-20)25-27(29(4,5)6)32-34(28(25)33)22-12-10-21(30)11-13-22/h7-14,18,26H,15-17H2,1-6H3,(H,31,35). The Labute approximate surface area is 222 Å². The molecule has 2 amide bonds. The maximum Gasteiger partial charge on any atom is 0.240 e. The summed E-state index contributed by atoms with van der Waals surface area (Å²) in [4.78, 5) is 28.2. The molecule has 1 N–H and O–H groups in total. The number of carbonyl (C=O) groups is 2. The van der Waals surface area contributed by atoms with E-state index < -0.39 is 0 Å². The predicted molar refractivity (Wildman–Crippen MR) is 148 cm³/mol. The molecule has 1 aliphatic rings. The molecule has 0 spiro atoms. The molecule has 8 heteroatoms. The molecule has 0 fully saturated rings. The molecule has 0 bridgehead atoms. The van der Waals surface area contributed by atoms with Crippen LogP contribution in [0.5, 0.6) is 0 Å². The summed E-state index contributed by atoms with van der Waals surface area (Å²) in [5, 5.41) is 7.80. The molecular weight excluding hydrogens is 487 g/mol.